The van der Waals surface area contributed by atoms with Gasteiger partial charge in [-0.2, -0.15) is 5.10 Å². The average molecular weight is 342 g/mol. The van der Waals surface area contributed by atoms with Crippen molar-refractivity contribution in [2.45, 2.75) is 23.6 Å². The first-order chi connectivity index (χ1) is 11.1. The fraction of sp³-hybridized carbons (Fsp3) is 0.111. The number of nitrogens with one attached hydrogen (secondary N) is 1. The lowest BCUT2D eigenvalue weighted by molar-refractivity contribution is 1.02. The largest absolute Gasteiger partial charge is 0.281 e. The van der Waals surface area contributed by atoms with E-state index in [1.54, 1.807) is 18.0 Å². The van der Waals surface area contributed by atoms with Crippen LogP contribution >= 0.6 is 23.4 Å². The van der Waals surface area contributed by atoms with Crippen molar-refractivity contribution in [3.05, 3.63) is 70.5 Å². The number of aryl methyl sites for hydroxylation is 2. The average Bonchev–Trinajstić information content (AvgIpc) is 2.87. The lowest BCUT2D eigenvalue weighted by Gasteiger charge is -2.05. The number of H-pyrrole nitrogens is 1. The molecule has 3 rings (SSSR count). The van der Waals surface area contributed by atoms with Crippen molar-refractivity contribution < 1.29 is 0 Å². The third kappa shape index (κ3) is 3.66. The minimum absolute atomic E-state index is 0.697. The highest BCUT2D eigenvalue weighted by Crippen LogP contribution is 2.37. The second-order valence-corrected chi connectivity index (χ2v) is 6.57. The van der Waals surface area contributed by atoms with E-state index in [1.165, 1.54) is 0 Å². The fourth-order valence-corrected chi connectivity index (χ4v) is 3.34. The van der Waals surface area contributed by atoms with Crippen LogP contribution in [-0.2, 0) is 0 Å². The van der Waals surface area contributed by atoms with Crippen LogP contribution in [0.2, 0.25) is 5.02 Å². The van der Waals surface area contributed by atoms with Gasteiger partial charge >= 0.3 is 0 Å². The fourth-order valence-electron chi connectivity index (χ4n) is 2.17. The summed E-state index contributed by atoms with van der Waals surface area (Å²) in [7, 11) is 0. The van der Waals surface area contributed by atoms with Gasteiger partial charge in [-0.25, -0.2) is 0 Å². The number of nitrogens with zero attached hydrogens (tertiary/aromatic N) is 2. The molecule has 1 N–H and O–H groups in total. The molecule has 116 valence electrons. The summed E-state index contributed by atoms with van der Waals surface area (Å²) in [6.07, 6.45) is 1.80. The molecular weight excluding hydrogens is 326 g/mol. The Morgan fingerprint density at radius 3 is 2.57 bits per heavy atom. The van der Waals surface area contributed by atoms with Crippen molar-refractivity contribution in [3.8, 4) is 0 Å². The molecule has 0 amide bonds. The number of benzene rings is 2. The van der Waals surface area contributed by atoms with Crippen molar-refractivity contribution in [2.24, 2.45) is 4.99 Å². The molecule has 3 aromatic rings. The molecule has 3 nitrogen and oxygen atoms in total. The van der Waals surface area contributed by atoms with E-state index in [-0.39, 0.29) is 0 Å². The number of hydrogen-bond donors (Lipinski definition) is 1. The van der Waals surface area contributed by atoms with Crippen LogP contribution in [0.4, 0.5) is 5.69 Å². The van der Waals surface area contributed by atoms with Gasteiger partial charge in [-0.3, -0.25) is 10.1 Å². The number of halogens is 1. The van der Waals surface area contributed by atoms with Gasteiger partial charge in [-0.05, 0) is 32.0 Å². The third-order valence-electron chi connectivity index (χ3n) is 3.39. The molecule has 0 aliphatic rings. The highest BCUT2D eigenvalue weighted by Gasteiger charge is 2.10. The van der Waals surface area contributed by atoms with Gasteiger partial charge < -0.3 is 0 Å². The van der Waals surface area contributed by atoms with Gasteiger partial charge in [0.2, 0.25) is 0 Å². The number of aromatic nitrogens is 2. The summed E-state index contributed by atoms with van der Waals surface area (Å²) >= 11 is 7.85. The molecule has 0 bridgehead atoms. The highest BCUT2D eigenvalue weighted by atomic mass is 35.5. The van der Waals surface area contributed by atoms with Crippen LogP contribution in [-0.4, -0.2) is 16.4 Å². The molecule has 1 aromatic heterocycles. The Bertz CT molecular complexity index is 835. The van der Waals surface area contributed by atoms with Crippen LogP contribution in [0.25, 0.3) is 0 Å². The van der Waals surface area contributed by atoms with Gasteiger partial charge in [-0.15, -0.1) is 0 Å². The van der Waals surface area contributed by atoms with Crippen LogP contribution in [0.1, 0.15) is 17.0 Å². The van der Waals surface area contributed by atoms with Crippen molar-refractivity contribution >= 4 is 35.3 Å². The topological polar surface area (TPSA) is 41.0 Å². The molecule has 0 fully saturated rings. The van der Waals surface area contributed by atoms with E-state index >= 15 is 0 Å². The van der Waals surface area contributed by atoms with Gasteiger partial charge in [0.05, 0.1) is 16.3 Å². The molecule has 0 radical (unpaired) electrons. The summed E-state index contributed by atoms with van der Waals surface area (Å²) in [6.45, 7) is 4.03. The first-order valence-electron chi connectivity index (χ1n) is 7.22. The first-order valence-corrected chi connectivity index (χ1v) is 8.41. The van der Waals surface area contributed by atoms with Crippen LogP contribution in [0.15, 0.2) is 63.3 Å². The predicted molar refractivity (Wildman–Crippen MR) is 97.3 cm³/mol. The monoisotopic (exact) mass is 341 g/mol. The standard InChI is InChI=1S/C18H16ClN3S/c1-12-18(13(2)22-21-12)23-17-10-6-5-9-16(17)20-11-14-7-3-4-8-15(14)19/h3-11H,1-2H3,(H,21,22). The second-order valence-electron chi connectivity index (χ2n) is 5.11. The molecule has 0 spiro atoms. The summed E-state index contributed by atoms with van der Waals surface area (Å²) in [6, 6.07) is 15.7. The van der Waals surface area contributed by atoms with Crippen LogP contribution < -0.4 is 0 Å². The number of para-hydroxylation sites is 1. The molecule has 0 saturated heterocycles. The van der Waals surface area contributed by atoms with E-state index in [4.69, 9.17) is 11.6 Å². The minimum Gasteiger partial charge on any atom is -0.281 e. The van der Waals surface area contributed by atoms with E-state index in [1.807, 2.05) is 56.3 Å². The van der Waals surface area contributed by atoms with Gasteiger partial charge in [0.15, 0.2) is 0 Å². The summed E-state index contributed by atoms with van der Waals surface area (Å²) < 4.78 is 0. The normalized spacial score (nSPS) is 11.3. The maximum absolute atomic E-state index is 6.18. The molecule has 0 saturated carbocycles. The maximum Gasteiger partial charge on any atom is 0.0769 e. The molecule has 23 heavy (non-hydrogen) atoms. The quantitative estimate of drug-likeness (QED) is 0.629. The summed E-state index contributed by atoms with van der Waals surface area (Å²) in [5, 5.41) is 7.96. The minimum atomic E-state index is 0.697. The van der Waals surface area contributed by atoms with E-state index in [0.29, 0.717) is 5.02 Å². The Kier molecular flexibility index (Phi) is 4.84. The molecule has 2 aromatic carbocycles. The van der Waals surface area contributed by atoms with E-state index in [0.717, 1.165) is 32.4 Å². The molecule has 0 aliphatic carbocycles. The molecule has 0 unspecified atom stereocenters. The molecular formula is C18H16ClN3S. The zero-order chi connectivity index (χ0) is 16.2. The van der Waals surface area contributed by atoms with Crippen molar-refractivity contribution in [2.75, 3.05) is 0 Å². The van der Waals surface area contributed by atoms with E-state index in [2.05, 4.69) is 21.3 Å². The second kappa shape index (κ2) is 7.02. The van der Waals surface area contributed by atoms with Crippen molar-refractivity contribution in [1.82, 2.24) is 10.2 Å². The molecule has 1 heterocycles. The highest BCUT2D eigenvalue weighted by molar-refractivity contribution is 7.99. The first kappa shape index (κ1) is 15.8. The summed E-state index contributed by atoms with van der Waals surface area (Å²) in [5.41, 5.74) is 3.89. The predicted octanol–water partition coefficient (Wildman–Crippen LogP) is 5.58. The van der Waals surface area contributed by atoms with Gasteiger partial charge in [0.1, 0.15) is 0 Å². The number of aromatic amines is 1. The van der Waals surface area contributed by atoms with Gasteiger partial charge in [-0.1, -0.05) is 53.7 Å². The summed E-state index contributed by atoms with van der Waals surface area (Å²) in [5.74, 6) is 0. The van der Waals surface area contributed by atoms with Crippen molar-refractivity contribution in [3.63, 3.8) is 0 Å². The zero-order valence-electron chi connectivity index (χ0n) is 12.9. The Morgan fingerprint density at radius 1 is 1.09 bits per heavy atom. The van der Waals surface area contributed by atoms with E-state index in [9.17, 15) is 0 Å². The number of hydrogen-bond acceptors (Lipinski definition) is 3. The summed E-state index contributed by atoms with van der Waals surface area (Å²) in [4.78, 5) is 6.85. The molecule has 0 aliphatic heterocycles. The Balaban J connectivity index is 1.91. The number of rotatable bonds is 4. The zero-order valence-corrected chi connectivity index (χ0v) is 14.4. The smallest absolute Gasteiger partial charge is 0.0769 e. The Labute approximate surface area is 144 Å². The van der Waals surface area contributed by atoms with Gasteiger partial charge in [0, 0.05) is 27.4 Å². The lowest BCUT2D eigenvalue weighted by Crippen LogP contribution is -1.83. The van der Waals surface area contributed by atoms with E-state index < -0.39 is 0 Å². The SMILES string of the molecule is Cc1n[nH]c(C)c1Sc1ccccc1N=Cc1ccccc1Cl. The Morgan fingerprint density at radius 2 is 1.83 bits per heavy atom. The third-order valence-corrected chi connectivity index (χ3v) is 5.10. The van der Waals surface area contributed by atoms with Crippen molar-refractivity contribution in [1.29, 1.82) is 0 Å². The lowest BCUT2D eigenvalue weighted by atomic mass is 10.2. The van der Waals surface area contributed by atoms with Crippen LogP contribution in [0.5, 0.6) is 0 Å². The Hall–Kier alpha value is -2.04. The maximum atomic E-state index is 6.18. The molecule has 5 heteroatoms. The van der Waals surface area contributed by atoms with Crippen LogP contribution in [0, 0.1) is 13.8 Å². The molecule has 0 atom stereocenters. The van der Waals surface area contributed by atoms with Gasteiger partial charge in [0.25, 0.3) is 0 Å². The number of aliphatic imine (C=N–C) groups is 1. The van der Waals surface area contributed by atoms with Crippen LogP contribution in [0.3, 0.4) is 0 Å².